The maximum atomic E-state index is 9.63. The van der Waals surface area contributed by atoms with Crippen molar-refractivity contribution in [3.8, 4) is 39.8 Å². The Hall–Kier alpha value is -5.69. The number of anilines is 4. The lowest BCUT2D eigenvalue weighted by molar-refractivity contribution is 0.373. The molecule has 9 N–H and O–H groups in total. The van der Waals surface area contributed by atoms with Crippen LogP contribution in [-0.4, -0.2) is 49.2 Å². The number of aromatic nitrogens is 6. The molecular formula is C28H25ClN10O3. The van der Waals surface area contributed by atoms with Crippen LogP contribution in [0.3, 0.4) is 0 Å². The fraction of sp³-hybridized carbons (Fsp3) is 0.0714. The lowest BCUT2D eigenvalue weighted by Crippen LogP contribution is -2.02. The standard InChI is InChI=1S/C14H12ClN5O.C14H13N5O2/c1-21-11-5-2-7(6-8(11)15)9-3-4-10-12(18-9)13(16)20-14(17)19-10;1-21-11-6-7(2-5-10(11)20)8-3-4-9-12(17-8)13(15)19-14(16)18-9/h2-6H,1H3,(H4,16,17,19,20);2-6,20H,1H3,(H4,15,16,18,19). The molecule has 0 amide bonds. The number of hydrogen-bond donors (Lipinski definition) is 5. The Bertz CT molecular complexity index is 1950. The van der Waals surface area contributed by atoms with E-state index >= 15 is 0 Å². The number of aromatic hydroxyl groups is 1. The highest BCUT2D eigenvalue weighted by atomic mass is 35.5. The van der Waals surface area contributed by atoms with Crippen molar-refractivity contribution in [3.63, 3.8) is 0 Å². The highest BCUT2D eigenvalue weighted by molar-refractivity contribution is 6.32. The van der Waals surface area contributed by atoms with Crippen LogP contribution in [0.5, 0.6) is 17.2 Å². The van der Waals surface area contributed by atoms with Crippen LogP contribution in [0.2, 0.25) is 5.02 Å². The van der Waals surface area contributed by atoms with Gasteiger partial charge in [-0.2, -0.15) is 9.97 Å². The minimum absolute atomic E-state index is 0.0673. The number of nitrogens with two attached hydrogens (primary N) is 4. The van der Waals surface area contributed by atoms with Gasteiger partial charge in [0.1, 0.15) is 16.8 Å². The smallest absolute Gasteiger partial charge is 0.222 e. The van der Waals surface area contributed by atoms with Gasteiger partial charge in [-0.3, -0.25) is 0 Å². The van der Waals surface area contributed by atoms with Crippen molar-refractivity contribution >= 4 is 57.2 Å². The summed E-state index contributed by atoms with van der Waals surface area (Å²) < 4.78 is 10.2. The molecule has 13 nitrogen and oxygen atoms in total. The van der Waals surface area contributed by atoms with Crippen LogP contribution in [0.25, 0.3) is 44.6 Å². The molecule has 0 bridgehead atoms. The molecule has 0 fully saturated rings. The second-order valence-electron chi connectivity index (χ2n) is 8.80. The van der Waals surface area contributed by atoms with E-state index < -0.39 is 0 Å². The summed E-state index contributed by atoms with van der Waals surface area (Å²) in [4.78, 5) is 24.9. The Morgan fingerprint density at radius 2 is 1.10 bits per heavy atom. The minimum Gasteiger partial charge on any atom is -0.504 e. The Labute approximate surface area is 244 Å². The number of nitrogen functional groups attached to an aromatic ring is 4. The lowest BCUT2D eigenvalue weighted by Gasteiger charge is -2.08. The maximum Gasteiger partial charge on any atom is 0.222 e. The minimum atomic E-state index is 0.0673. The third-order valence-electron chi connectivity index (χ3n) is 6.10. The first-order valence-corrected chi connectivity index (χ1v) is 12.7. The van der Waals surface area contributed by atoms with Crippen LogP contribution in [0, 0.1) is 0 Å². The summed E-state index contributed by atoms with van der Waals surface area (Å²) in [5.74, 6) is 1.76. The van der Waals surface area contributed by atoms with E-state index in [1.165, 1.54) is 7.11 Å². The summed E-state index contributed by atoms with van der Waals surface area (Å²) in [6.07, 6.45) is 0. The predicted molar refractivity (Wildman–Crippen MR) is 163 cm³/mol. The molecule has 0 spiro atoms. The molecule has 212 valence electrons. The average molecular weight is 585 g/mol. The Morgan fingerprint density at radius 3 is 1.60 bits per heavy atom. The van der Waals surface area contributed by atoms with E-state index in [0.717, 1.165) is 11.1 Å². The number of hydrogen-bond acceptors (Lipinski definition) is 13. The van der Waals surface area contributed by atoms with E-state index in [4.69, 9.17) is 44.0 Å². The largest absolute Gasteiger partial charge is 0.504 e. The summed E-state index contributed by atoms with van der Waals surface area (Å²) in [6, 6.07) is 17.6. The van der Waals surface area contributed by atoms with E-state index in [9.17, 15) is 5.11 Å². The first-order chi connectivity index (χ1) is 20.2. The normalized spacial score (nSPS) is 10.7. The van der Waals surface area contributed by atoms with Crippen LogP contribution >= 0.6 is 11.6 Å². The SMILES string of the molecule is COc1cc(-c2ccc3nc(N)nc(N)c3n2)ccc1O.COc1ccc(-c2ccc3nc(N)nc(N)c3n2)cc1Cl. The summed E-state index contributed by atoms with van der Waals surface area (Å²) in [5, 5.41) is 10.1. The molecule has 42 heavy (non-hydrogen) atoms. The van der Waals surface area contributed by atoms with E-state index in [0.29, 0.717) is 50.0 Å². The van der Waals surface area contributed by atoms with Gasteiger partial charge in [-0.1, -0.05) is 11.6 Å². The number of ether oxygens (including phenoxy) is 2. The summed E-state index contributed by atoms with van der Waals surface area (Å²) in [6.45, 7) is 0. The van der Waals surface area contributed by atoms with E-state index in [2.05, 4.69) is 29.9 Å². The van der Waals surface area contributed by atoms with Crippen LogP contribution in [0.1, 0.15) is 0 Å². The monoisotopic (exact) mass is 584 g/mol. The molecular weight excluding hydrogens is 560 g/mol. The van der Waals surface area contributed by atoms with Crippen molar-refractivity contribution in [2.24, 2.45) is 0 Å². The fourth-order valence-corrected chi connectivity index (χ4v) is 4.35. The molecule has 0 atom stereocenters. The Balaban J connectivity index is 0.000000168. The van der Waals surface area contributed by atoms with Crippen molar-refractivity contribution in [1.82, 2.24) is 29.9 Å². The lowest BCUT2D eigenvalue weighted by atomic mass is 10.1. The van der Waals surface area contributed by atoms with Crippen molar-refractivity contribution in [3.05, 3.63) is 65.7 Å². The second-order valence-corrected chi connectivity index (χ2v) is 9.21. The average Bonchev–Trinajstić information content (AvgIpc) is 2.97. The van der Waals surface area contributed by atoms with E-state index in [1.54, 1.807) is 55.6 Å². The zero-order valence-electron chi connectivity index (χ0n) is 22.4. The molecule has 0 unspecified atom stereocenters. The molecule has 4 aromatic heterocycles. The second kappa shape index (κ2) is 11.4. The van der Waals surface area contributed by atoms with Gasteiger partial charge in [0.2, 0.25) is 11.9 Å². The number of phenols is 1. The zero-order valence-corrected chi connectivity index (χ0v) is 23.2. The number of rotatable bonds is 4. The molecule has 0 aliphatic rings. The highest BCUT2D eigenvalue weighted by Gasteiger charge is 2.11. The number of nitrogens with zero attached hydrogens (tertiary/aromatic N) is 6. The molecule has 0 saturated heterocycles. The maximum absolute atomic E-state index is 9.63. The van der Waals surface area contributed by atoms with Gasteiger partial charge < -0.3 is 37.5 Å². The first kappa shape index (κ1) is 27.9. The third-order valence-corrected chi connectivity index (χ3v) is 6.39. The molecule has 2 aromatic carbocycles. The first-order valence-electron chi connectivity index (χ1n) is 12.3. The van der Waals surface area contributed by atoms with Crippen molar-refractivity contribution in [1.29, 1.82) is 0 Å². The summed E-state index contributed by atoms with van der Waals surface area (Å²) >= 11 is 6.13. The van der Waals surface area contributed by atoms with Gasteiger partial charge in [0.25, 0.3) is 0 Å². The number of phenolic OH excluding ortho intramolecular Hbond substituents is 1. The topological polar surface area (TPSA) is 220 Å². The molecule has 0 aliphatic heterocycles. The van der Waals surface area contributed by atoms with Crippen molar-refractivity contribution in [2.45, 2.75) is 0 Å². The molecule has 6 rings (SSSR count). The number of pyridine rings is 2. The van der Waals surface area contributed by atoms with Crippen LogP contribution in [0.4, 0.5) is 23.5 Å². The number of methoxy groups -OCH3 is 2. The van der Waals surface area contributed by atoms with Crippen LogP contribution in [0.15, 0.2) is 60.7 Å². The van der Waals surface area contributed by atoms with Crippen LogP contribution in [-0.2, 0) is 0 Å². The predicted octanol–water partition coefficient (Wildman–Crippen LogP) is 4.09. The van der Waals surface area contributed by atoms with E-state index in [1.807, 2.05) is 12.1 Å². The molecule has 0 radical (unpaired) electrons. The van der Waals surface area contributed by atoms with E-state index in [-0.39, 0.29) is 29.3 Å². The van der Waals surface area contributed by atoms with Crippen LogP contribution < -0.4 is 32.4 Å². The van der Waals surface area contributed by atoms with Gasteiger partial charge in [0.15, 0.2) is 23.1 Å². The quantitative estimate of drug-likeness (QED) is 0.197. The van der Waals surface area contributed by atoms with Gasteiger partial charge in [-0.25, -0.2) is 19.9 Å². The summed E-state index contributed by atoms with van der Waals surface area (Å²) in [7, 11) is 3.05. The number of fused-ring (bicyclic) bond motifs is 2. The van der Waals surface area contributed by atoms with Gasteiger partial charge >= 0.3 is 0 Å². The molecule has 0 saturated carbocycles. The molecule has 14 heteroatoms. The number of halogens is 1. The van der Waals surface area contributed by atoms with Gasteiger partial charge in [-0.15, -0.1) is 0 Å². The molecule has 4 heterocycles. The summed E-state index contributed by atoms with van der Waals surface area (Å²) in [5.41, 5.74) is 28.0. The number of benzene rings is 2. The van der Waals surface area contributed by atoms with Crippen molar-refractivity contribution < 1.29 is 14.6 Å². The Kier molecular flexibility index (Phi) is 7.58. The third kappa shape index (κ3) is 5.62. The highest BCUT2D eigenvalue weighted by Crippen LogP contribution is 2.32. The van der Waals surface area contributed by atoms with Gasteiger partial charge in [0.05, 0.1) is 41.7 Å². The molecule has 6 aromatic rings. The van der Waals surface area contributed by atoms with Gasteiger partial charge in [-0.05, 0) is 60.7 Å². The zero-order chi connectivity index (χ0) is 30.0. The van der Waals surface area contributed by atoms with Gasteiger partial charge in [0, 0.05) is 11.1 Å². The Morgan fingerprint density at radius 1 is 0.595 bits per heavy atom. The fourth-order valence-electron chi connectivity index (χ4n) is 4.09. The van der Waals surface area contributed by atoms with Crippen molar-refractivity contribution in [2.75, 3.05) is 37.2 Å². The molecule has 0 aliphatic carbocycles.